The molecular weight excluding hydrogens is 370 g/mol. The van der Waals surface area contributed by atoms with E-state index in [1.165, 1.54) is 0 Å². The van der Waals surface area contributed by atoms with E-state index in [9.17, 15) is 9.59 Å². The average Bonchev–Trinajstić information content (AvgIpc) is 2.78. The molecule has 2 aromatic carbocycles. The largest absolute Gasteiger partial charge is 0.464 e. The Morgan fingerprint density at radius 1 is 1.14 bits per heavy atom. The number of carbonyl (C=O) groups excluding carboxylic acids is 2. The van der Waals surface area contributed by atoms with Gasteiger partial charge in [0.05, 0.1) is 13.2 Å². The van der Waals surface area contributed by atoms with Gasteiger partial charge in [0.15, 0.2) is 0 Å². The molecule has 2 aromatic rings. The van der Waals surface area contributed by atoms with Crippen molar-refractivity contribution in [1.82, 2.24) is 4.90 Å². The van der Waals surface area contributed by atoms with Gasteiger partial charge in [0.2, 0.25) is 6.29 Å². The normalized spacial score (nSPS) is 19.2. The molecule has 0 saturated carbocycles. The van der Waals surface area contributed by atoms with Crippen LogP contribution in [0.1, 0.15) is 35.7 Å². The predicted molar refractivity (Wildman–Crippen MR) is 108 cm³/mol. The van der Waals surface area contributed by atoms with E-state index in [-0.39, 0.29) is 18.3 Å². The van der Waals surface area contributed by atoms with Crippen LogP contribution in [0.5, 0.6) is 5.75 Å². The zero-order valence-electron chi connectivity index (χ0n) is 16.5. The van der Waals surface area contributed by atoms with Gasteiger partial charge in [-0.1, -0.05) is 30.3 Å². The first-order chi connectivity index (χ1) is 14.2. The molecule has 6 heteroatoms. The summed E-state index contributed by atoms with van der Waals surface area (Å²) < 4.78 is 17.2. The van der Waals surface area contributed by atoms with Crippen LogP contribution in [0.25, 0.3) is 11.1 Å². The van der Waals surface area contributed by atoms with Gasteiger partial charge in [0.1, 0.15) is 12.0 Å². The number of nitrogens with zero attached hydrogens (tertiary/aromatic N) is 1. The highest BCUT2D eigenvalue weighted by molar-refractivity contribution is 5.77. The molecule has 2 aliphatic rings. The minimum absolute atomic E-state index is 0.240. The Hall–Kier alpha value is -2.86. The molecule has 4 rings (SSSR count). The minimum atomic E-state index is -0.287. The number of rotatable bonds is 4. The van der Waals surface area contributed by atoms with Gasteiger partial charge in [-0.15, -0.1) is 0 Å². The van der Waals surface area contributed by atoms with Gasteiger partial charge in [0.25, 0.3) is 0 Å². The lowest BCUT2D eigenvalue weighted by atomic mass is 9.95. The van der Waals surface area contributed by atoms with Crippen LogP contribution >= 0.6 is 0 Å². The van der Waals surface area contributed by atoms with Crippen molar-refractivity contribution >= 4 is 12.4 Å². The fourth-order valence-electron chi connectivity index (χ4n) is 3.87. The molecule has 1 unspecified atom stereocenters. The van der Waals surface area contributed by atoms with Gasteiger partial charge >= 0.3 is 6.09 Å². The van der Waals surface area contributed by atoms with Gasteiger partial charge in [-0.25, -0.2) is 4.79 Å². The first-order valence-corrected chi connectivity index (χ1v) is 10.1. The molecular formula is C23H25NO5. The summed E-state index contributed by atoms with van der Waals surface area (Å²) in [6.07, 6.45) is 1.98. The van der Waals surface area contributed by atoms with Crippen molar-refractivity contribution < 1.29 is 23.8 Å². The van der Waals surface area contributed by atoms with Crippen LogP contribution in [-0.2, 0) is 16.1 Å². The van der Waals surface area contributed by atoms with Gasteiger partial charge in [-0.2, -0.15) is 0 Å². The Kier molecular flexibility index (Phi) is 5.81. The number of carbonyl (C=O) groups is 2. The summed E-state index contributed by atoms with van der Waals surface area (Å²) in [5, 5.41) is 0. The van der Waals surface area contributed by atoms with Crippen molar-refractivity contribution in [3.05, 3.63) is 53.6 Å². The van der Waals surface area contributed by atoms with Gasteiger partial charge in [-0.3, -0.25) is 4.79 Å². The highest BCUT2D eigenvalue weighted by Crippen LogP contribution is 2.35. The van der Waals surface area contributed by atoms with Crippen LogP contribution in [0, 0.1) is 5.92 Å². The second-order valence-corrected chi connectivity index (χ2v) is 7.38. The maximum absolute atomic E-state index is 11.9. The molecule has 0 N–H and O–H groups in total. The molecule has 1 amide bonds. The van der Waals surface area contributed by atoms with E-state index in [4.69, 9.17) is 14.2 Å². The SMILES string of the molecule is CCOC(=O)N1CCC(C2OCc3cc(-c4ccc(C=O)cc4)ccc3O2)CC1. The number of hydrogen-bond acceptors (Lipinski definition) is 5. The molecule has 29 heavy (non-hydrogen) atoms. The van der Waals surface area contributed by atoms with Crippen LogP contribution in [0.15, 0.2) is 42.5 Å². The molecule has 2 aliphatic heterocycles. The minimum Gasteiger partial charge on any atom is -0.464 e. The lowest BCUT2D eigenvalue weighted by Gasteiger charge is -2.37. The number of aldehydes is 1. The second-order valence-electron chi connectivity index (χ2n) is 7.38. The molecule has 0 radical (unpaired) electrons. The maximum atomic E-state index is 11.9. The molecule has 0 aliphatic carbocycles. The van der Waals surface area contributed by atoms with E-state index >= 15 is 0 Å². The third-order valence-electron chi connectivity index (χ3n) is 5.54. The van der Waals surface area contributed by atoms with E-state index in [1.807, 2.05) is 43.3 Å². The van der Waals surface area contributed by atoms with Crippen molar-refractivity contribution in [2.75, 3.05) is 19.7 Å². The summed E-state index contributed by atoms with van der Waals surface area (Å²) in [4.78, 5) is 24.4. The topological polar surface area (TPSA) is 65.1 Å². The smallest absolute Gasteiger partial charge is 0.409 e. The van der Waals surface area contributed by atoms with E-state index < -0.39 is 0 Å². The van der Waals surface area contributed by atoms with Crippen molar-refractivity contribution in [2.24, 2.45) is 5.92 Å². The fraction of sp³-hybridized carbons (Fsp3) is 0.391. The lowest BCUT2D eigenvalue weighted by molar-refractivity contribution is -0.148. The Morgan fingerprint density at radius 3 is 2.55 bits per heavy atom. The molecule has 152 valence electrons. The third-order valence-corrected chi connectivity index (χ3v) is 5.54. The molecule has 1 atom stereocenters. The van der Waals surface area contributed by atoms with Gasteiger partial charge in [-0.05, 0) is 43.0 Å². The van der Waals surface area contributed by atoms with E-state index in [0.717, 1.165) is 41.6 Å². The van der Waals surface area contributed by atoms with Crippen molar-refractivity contribution in [1.29, 1.82) is 0 Å². The van der Waals surface area contributed by atoms with Crippen molar-refractivity contribution in [3.63, 3.8) is 0 Å². The van der Waals surface area contributed by atoms with Gasteiger partial charge in [0, 0.05) is 30.1 Å². The molecule has 1 fully saturated rings. The Labute approximate surface area is 170 Å². The number of piperidine rings is 1. The summed E-state index contributed by atoms with van der Waals surface area (Å²) >= 11 is 0. The zero-order valence-corrected chi connectivity index (χ0v) is 16.5. The van der Waals surface area contributed by atoms with Gasteiger partial charge < -0.3 is 19.1 Å². The summed E-state index contributed by atoms with van der Waals surface area (Å²) in [6, 6.07) is 13.6. The van der Waals surface area contributed by atoms with E-state index in [0.29, 0.717) is 31.9 Å². The van der Waals surface area contributed by atoms with E-state index in [2.05, 4.69) is 6.07 Å². The lowest BCUT2D eigenvalue weighted by Crippen LogP contribution is -2.44. The molecule has 2 heterocycles. The zero-order chi connectivity index (χ0) is 20.2. The van der Waals surface area contributed by atoms with Crippen LogP contribution in [0.4, 0.5) is 4.79 Å². The molecule has 0 spiro atoms. The summed E-state index contributed by atoms with van der Waals surface area (Å²) in [5.41, 5.74) is 3.79. The molecule has 0 aromatic heterocycles. The third kappa shape index (κ3) is 4.27. The van der Waals surface area contributed by atoms with E-state index in [1.54, 1.807) is 4.90 Å². The number of hydrogen-bond donors (Lipinski definition) is 0. The monoisotopic (exact) mass is 395 g/mol. The predicted octanol–water partition coefficient (Wildman–Crippen LogP) is 4.27. The van der Waals surface area contributed by atoms with Crippen LogP contribution in [0.3, 0.4) is 0 Å². The highest BCUT2D eigenvalue weighted by atomic mass is 16.7. The molecule has 6 nitrogen and oxygen atoms in total. The average molecular weight is 395 g/mol. The molecule has 0 bridgehead atoms. The highest BCUT2D eigenvalue weighted by Gasteiger charge is 2.33. The first kappa shape index (κ1) is 19.5. The van der Waals surface area contributed by atoms with Crippen LogP contribution in [-0.4, -0.2) is 43.3 Å². The Bertz CT molecular complexity index is 871. The van der Waals surface area contributed by atoms with Crippen LogP contribution in [0.2, 0.25) is 0 Å². The Morgan fingerprint density at radius 2 is 1.86 bits per heavy atom. The second kappa shape index (κ2) is 8.66. The number of amides is 1. The first-order valence-electron chi connectivity index (χ1n) is 10.1. The summed E-state index contributed by atoms with van der Waals surface area (Å²) in [7, 11) is 0. The number of benzene rings is 2. The summed E-state index contributed by atoms with van der Waals surface area (Å²) in [5.74, 6) is 1.10. The molecule has 1 saturated heterocycles. The van der Waals surface area contributed by atoms with Crippen molar-refractivity contribution in [2.45, 2.75) is 32.7 Å². The number of ether oxygens (including phenoxy) is 3. The maximum Gasteiger partial charge on any atom is 0.409 e. The number of likely N-dealkylation sites (tertiary alicyclic amines) is 1. The summed E-state index contributed by atoms with van der Waals surface area (Å²) in [6.45, 7) is 4.04. The van der Waals surface area contributed by atoms with Crippen molar-refractivity contribution in [3.8, 4) is 16.9 Å². The standard InChI is InChI=1S/C23H25NO5/c1-2-27-23(26)24-11-9-18(10-12-24)22-28-15-20-13-19(7-8-21(20)29-22)17-5-3-16(14-25)4-6-17/h3-8,13-14,18,22H,2,9-12,15H2,1H3. The Balaban J connectivity index is 1.39. The number of fused-ring (bicyclic) bond motifs is 1. The van der Waals surface area contributed by atoms with Crippen LogP contribution < -0.4 is 4.74 Å². The quantitative estimate of drug-likeness (QED) is 0.724. The fourth-order valence-corrected chi connectivity index (χ4v) is 3.87.